The minimum atomic E-state index is 0.555. The number of hydrogen-bond donors (Lipinski definition) is 2. The lowest BCUT2D eigenvalue weighted by molar-refractivity contribution is 0.999. The largest absolute Gasteiger partial charge is 0.178 e. The summed E-state index contributed by atoms with van der Waals surface area (Å²) < 4.78 is 1.47. The zero-order valence-corrected chi connectivity index (χ0v) is 23.0. The average molecular weight is 527 g/mol. The molecule has 0 spiro atoms. The van der Waals surface area contributed by atoms with Gasteiger partial charge in [0.15, 0.2) is 0 Å². The van der Waals surface area contributed by atoms with Gasteiger partial charge in [0.1, 0.15) is 0 Å². The Morgan fingerprint density at radius 1 is 0.857 bits per heavy atom. The first-order chi connectivity index (χ1) is 13.6. The highest BCUT2D eigenvalue weighted by molar-refractivity contribution is 8.22. The van der Waals surface area contributed by atoms with E-state index in [4.69, 9.17) is 0 Å². The summed E-state index contributed by atoms with van der Waals surface area (Å²) in [6.45, 7) is 4.78. The van der Waals surface area contributed by atoms with Crippen molar-refractivity contribution in [2.75, 3.05) is 34.5 Å². The molecular weight excluding hydrogens is 497 g/mol. The van der Waals surface area contributed by atoms with Crippen molar-refractivity contribution in [3.05, 3.63) is 35.4 Å². The van der Waals surface area contributed by atoms with Crippen LogP contribution in [0, 0.1) is 0 Å². The van der Waals surface area contributed by atoms with Gasteiger partial charge in [0.2, 0.25) is 0 Å². The first-order valence-electron chi connectivity index (χ1n) is 9.68. The molecule has 0 N–H and O–H groups in total. The van der Waals surface area contributed by atoms with Crippen LogP contribution >= 0.6 is 95.8 Å². The van der Waals surface area contributed by atoms with Crippen LogP contribution in [0.2, 0.25) is 0 Å². The number of thioether (sulfide) groups is 6. The van der Waals surface area contributed by atoms with Crippen LogP contribution in [0.1, 0.15) is 35.5 Å². The second kappa shape index (κ2) is 12.9. The van der Waals surface area contributed by atoms with E-state index < -0.39 is 0 Å². The molecule has 0 amide bonds. The third kappa shape index (κ3) is 7.28. The van der Waals surface area contributed by atoms with Crippen LogP contribution in [0.15, 0.2) is 24.3 Å². The molecule has 8 heteroatoms. The summed E-state index contributed by atoms with van der Waals surface area (Å²) in [5, 5.41) is 2.59. The molecule has 0 radical (unpaired) electrons. The number of thiol groups is 2. The molecule has 3 rings (SSSR count). The molecule has 6 unspecified atom stereocenters. The Labute approximate surface area is 208 Å². The van der Waals surface area contributed by atoms with Crippen molar-refractivity contribution in [3.63, 3.8) is 0 Å². The molecule has 2 aliphatic heterocycles. The second-order valence-electron chi connectivity index (χ2n) is 6.99. The van der Waals surface area contributed by atoms with E-state index in [0.717, 1.165) is 31.2 Å². The van der Waals surface area contributed by atoms with Gasteiger partial charge in [-0.3, -0.25) is 0 Å². The predicted octanol–water partition coefficient (Wildman–Crippen LogP) is 7.48. The molecule has 0 nitrogen and oxygen atoms in total. The van der Waals surface area contributed by atoms with Crippen LogP contribution in [0.4, 0.5) is 0 Å². The van der Waals surface area contributed by atoms with Crippen LogP contribution in [-0.2, 0) is 0 Å². The van der Waals surface area contributed by atoms with E-state index in [1.54, 1.807) is 0 Å². The standard InChI is InChI=1S/C20H30S8/c1-13(23-11-19-25-9-15(7-21)27-19)17-5-3-4-6-18(17)14(2)24-12-20-26-10-16(8-22)28-20/h3-6,13-16,19-22H,7-12H2,1-2H3. The highest BCUT2D eigenvalue weighted by Crippen LogP contribution is 2.45. The predicted molar refractivity (Wildman–Crippen MR) is 151 cm³/mol. The fourth-order valence-corrected chi connectivity index (χ4v) is 13.7. The lowest BCUT2D eigenvalue weighted by Crippen LogP contribution is -2.06. The van der Waals surface area contributed by atoms with Crippen molar-refractivity contribution in [2.45, 2.75) is 44.0 Å². The zero-order valence-electron chi connectivity index (χ0n) is 16.4. The summed E-state index contributed by atoms with van der Waals surface area (Å²) in [5.41, 5.74) is 3.07. The van der Waals surface area contributed by atoms with Crippen molar-refractivity contribution in [3.8, 4) is 0 Å². The molecular formula is C20H30S8. The van der Waals surface area contributed by atoms with Crippen molar-refractivity contribution < 1.29 is 0 Å². The van der Waals surface area contributed by atoms with Crippen LogP contribution in [0.5, 0.6) is 0 Å². The minimum Gasteiger partial charge on any atom is -0.178 e. The van der Waals surface area contributed by atoms with E-state index in [1.807, 2.05) is 0 Å². The van der Waals surface area contributed by atoms with Gasteiger partial charge < -0.3 is 0 Å². The molecule has 1 aromatic rings. The molecule has 0 aromatic heterocycles. The zero-order chi connectivity index (χ0) is 19.9. The molecule has 2 saturated heterocycles. The molecule has 158 valence electrons. The summed E-state index contributed by atoms with van der Waals surface area (Å²) in [7, 11) is 0. The van der Waals surface area contributed by atoms with Gasteiger partial charge in [0.05, 0.1) is 9.16 Å². The van der Waals surface area contributed by atoms with Gasteiger partial charge in [-0.2, -0.15) is 48.8 Å². The van der Waals surface area contributed by atoms with Gasteiger partial charge in [-0.05, 0) is 25.0 Å². The molecule has 0 saturated carbocycles. The van der Waals surface area contributed by atoms with E-state index in [9.17, 15) is 0 Å². The van der Waals surface area contributed by atoms with E-state index in [-0.39, 0.29) is 0 Å². The summed E-state index contributed by atoms with van der Waals surface area (Å²) >= 11 is 21.7. The maximum Gasteiger partial charge on any atom is 0.0596 e. The topological polar surface area (TPSA) is 0 Å². The smallest absolute Gasteiger partial charge is 0.0596 e. The quantitative estimate of drug-likeness (QED) is 0.301. The maximum absolute atomic E-state index is 4.47. The lowest BCUT2D eigenvalue weighted by Gasteiger charge is -2.22. The van der Waals surface area contributed by atoms with E-state index in [2.05, 4.69) is 134 Å². The fraction of sp³-hybridized carbons (Fsp3) is 0.700. The molecule has 2 fully saturated rings. The van der Waals surface area contributed by atoms with E-state index in [1.165, 1.54) is 34.1 Å². The molecule has 28 heavy (non-hydrogen) atoms. The molecule has 2 aliphatic rings. The van der Waals surface area contributed by atoms with Gasteiger partial charge in [-0.1, -0.05) is 24.3 Å². The van der Waals surface area contributed by atoms with Gasteiger partial charge in [-0.25, -0.2) is 0 Å². The van der Waals surface area contributed by atoms with Gasteiger partial charge in [0.25, 0.3) is 0 Å². The summed E-state index contributed by atoms with van der Waals surface area (Å²) in [6, 6.07) is 9.13. The summed E-state index contributed by atoms with van der Waals surface area (Å²) in [4.78, 5) is 0. The average Bonchev–Trinajstić information content (AvgIpc) is 3.39. The minimum absolute atomic E-state index is 0.555. The SMILES string of the molecule is CC(SCC1SCC(CS)S1)c1ccccc1C(C)SCC1SCC(CS)S1. The van der Waals surface area contributed by atoms with Gasteiger partial charge >= 0.3 is 0 Å². The van der Waals surface area contributed by atoms with Crippen molar-refractivity contribution in [1.82, 2.24) is 0 Å². The maximum atomic E-state index is 4.47. The fourth-order valence-electron chi connectivity index (χ4n) is 3.26. The highest BCUT2D eigenvalue weighted by Gasteiger charge is 2.27. The molecule has 1 aromatic carbocycles. The summed E-state index contributed by atoms with van der Waals surface area (Å²) in [5.74, 6) is 7.03. The Bertz CT molecular complexity index is 546. The molecule has 6 atom stereocenters. The number of hydrogen-bond acceptors (Lipinski definition) is 8. The van der Waals surface area contributed by atoms with Crippen molar-refractivity contribution in [1.29, 1.82) is 0 Å². The van der Waals surface area contributed by atoms with Gasteiger partial charge in [0, 0.05) is 55.5 Å². The first-order valence-corrected chi connectivity index (χ1v) is 17.0. The first kappa shape index (κ1) is 24.7. The number of rotatable bonds is 10. The van der Waals surface area contributed by atoms with Crippen LogP contribution in [0.25, 0.3) is 0 Å². The van der Waals surface area contributed by atoms with Crippen LogP contribution in [0.3, 0.4) is 0 Å². The monoisotopic (exact) mass is 526 g/mol. The normalized spacial score (nSPS) is 29.9. The molecule has 0 aliphatic carbocycles. The van der Waals surface area contributed by atoms with E-state index in [0.29, 0.717) is 10.5 Å². The Morgan fingerprint density at radius 3 is 1.64 bits per heavy atom. The Balaban J connectivity index is 1.51. The molecule has 2 heterocycles. The Morgan fingerprint density at radius 2 is 1.29 bits per heavy atom. The van der Waals surface area contributed by atoms with E-state index >= 15 is 0 Å². The third-order valence-electron chi connectivity index (χ3n) is 4.87. The number of benzene rings is 1. The highest BCUT2D eigenvalue weighted by atomic mass is 32.2. The van der Waals surface area contributed by atoms with Crippen LogP contribution in [-0.4, -0.2) is 54.2 Å². The van der Waals surface area contributed by atoms with Crippen molar-refractivity contribution >= 4 is 95.8 Å². The lowest BCUT2D eigenvalue weighted by atomic mass is 10.0. The molecule has 0 bridgehead atoms. The second-order valence-corrected chi connectivity index (χ2v) is 16.5. The summed E-state index contributed by atoms with van der Waals surface area (Å²) in [6.07, 6.45) is 0. The van der Waals surface area contributed by atoms with Crippen LogP contribution < -0.4 is 0 Å². The Kier molecular flexibility index (Phi) is 11.4. The Hall–Kier alpha value is 2.02. The van der Waals surface area contributed by atoms with Gasteiger partial charge in [-0.15, -0.1) is 47.0 Å². The third-order valence-corrected chi connectivity index (χ3v) is 16.2. The van der Waals surface area contributed by atoms with Crippen molar-refractivity contribution in [2.24, 2.45) is 0 Å².